The van der Waals surface area contributed by atoms with E-state index >= 15 is 0 Å². The molecule has 0 saturated carbocycles. The highest BCUT2D eigenvalue weighted by atomic mass is 32.2. The fourth-order valence-corrected chi connectivity index (χ4v) is 3.88. The number of morpholine rings is 1. The van der Waals surface area contributed by atoms with Crippen LogP contribution in [-0.2, 0) is 22.6 Å². The molecule has 28 heavy (non-hydrogen) atoms. The lowest BCUT2D eigenvalue weighted by atomic mass is 10.1. The lowest BCUT2D eigenvalue weighted by molar-refractivity contribution is -0.118. The van der Waals surface area contributed by atoms with E-state index in [1.54, 1.807) is 0 Å². The Balaban J connectivity index is 1.21. The maximum absolute atomic E-state index is 12.1. The van der Waals surface area contributed by atoms with Gasteiger partial charge < -0.3 is 15.0 Å². The van der Waals surface area contributed by atoms with Crippen molar-refractivity contribution in [2.45, 2.75) is 18.2 Å². The Labute approximate surface area is 168 Å². The molecule has 2 N–H and O–H groups in total. The van der Waals surface area contributed by atoms with Crippen LogP contribution in [-0.4, -0.2) is 52.8 Å². The van der Waals surface area contributed by atoms with Crippen LogP contribution in [0.2, 0.25) is 0 Å². The average Bonchev–Trinajstić information content (AvgIpc) is 3.15. The molecule has 1 aliphatic heterocycles. The maximum atomic E-state index is 12.1. The van der Waals surface area contributed by atoms with Gasteiger partial charge in [0.2, 0.25) is 5.91 Å². The number of aromatic amines is 1. The number of rotatable bonds is 7. The second-order valence-electron chi connectivity index (χ2n) is 6.83. The number of nitrogens with one attached hydrogen (secondary N) is 2. The SMILES string of the molecule is O=C(CSc1nc2ccccc2[nH]1)NCc1ccc(CN2CCOCC2)cc1. The van der Waals surface area contributed by atoms with Gasteiger partial charge in [0.05, 0.1) is 30.0 Å². The van der Waals surface area contributed by atoms with Gasteiger partial charge in [0.15, 0.2) is 5.16 Å². The van der Waals surface area contributed by atoms with Crippen LogP contribution in [0.5, 0.6) is 0 Å². The van der Waals surface area contributed by atoms with Gasteiger partial charge in [-0.3, -0.25) is 9.69 Å². The summed E-state index contributed by atoms with van der Waals surface area (Å²) in [5, 5.41) is 3.74. The molecule has 6 nitrogen and oxygen atoms in total. The number of benzene rings is 2. The Hall–Kier alpha value is -2.35. The first-order chi connectivity index (χ1) is 13.8. The topological polar surface area (TPSA) is 70.2 Å². The number of ether oxygens (including phenoxy) is 1. The van der Waals surface area contributed by atoms with Gasteiger partial charge in [-0.1, -0.05) is 48.2 Å². The number of nitrogens with zero attached hydrogens (tertiary/aromatic N) is 2. The van der Waals surface area contributed by atoms with Crippen molar-refractivity contribution >= 4 is 28.7 Å². The predicted molar refractivity (Wildman–Crippen MR) is 111 cm³/mol. The van der Waals surface area contributed by atoms with Gasteiger partial charge in [-0.05, 0) is 23.3 Å². The summed E-state index contributed by atoms with van der Waals surface area (Å²) < 4.78 is 5.38. The van der Waals surface area contributed by atoms with Crippen LogP contribution < -0.4 is 5.32 Å². The molecule has 3 aromatic rings. The molecule has 1 aliphatic rings. The van der Waals surface area contributed by atoms with E-state index in [1.165, 1.54) is 17.3 Å². The van der Waals surface area contributed by atoms with Crippen molar-refractivity contribution in [3.05, 3.63) is 59.7 Å². The summed E-state index contributed by atoms with van der Waals surface area (Å²) in [7, 11) is 0. The number of carbonyl (C=O) groups excluding carboxylic acids is 1. The van der Waals surface area contributed by atoms with Crippen LogP contribution in [0.1, 0.15) is 11.1 Å². The molecule has 1 aromatic heterocycles. The highest BCUT2D eigenvalue weighted by molar-refractivity contribution is 7.99. The lowest BCUT2D eigenvalue weighted by Crippen LogP contribution is -2.35. The molecule has 4 rings (SSSR count). The molecule has 7 heteroatoms. The number of fused-ring (bicyclic) bond motifs is 1. The maximum Gasteiger partial charge on any atom is 0.230 e. The Morgan fingerprint density at radius 2 is 1.86 bits per heavy atom. The first-order valence-electron chi connectivity index (χ1n) is 9.48. The zero-order chi connectivity index (χ0) is 19.2. The molecule has 0 atom stereocenters. The summed E-state index contributed by atoms with van der Waals surface area (Å²) in [6, 6.07) is 16.3. The zero-order valence-electron chi connectivity index (χ0n) is 15.7. The number of hydrogen-bond acceptors (Lipinski definition) is 5. The minimum atomic E-state index is 0.00264. The average molecular weight is 397 g/mol. The normalized spacial score (nSPS) is 15.0. The van der Waals surface area contributed by atoms with Gasteiger partial charge in [-0.2, -0.15) is 0 Å². The highest BCUT2D eigenvalue weighted by Crippen LogP contribution is 2.18. The third-order valence-corrected chi connectivity index (χ3v) is 5.60. The summed E-state index contributed by atoms with van der Waals surface area (Å²) in [6.45, 7) is 5.09. The molecule has 2 heterocycles. The van der Waals surface area contributed by atoms with Crippen LogP contribution in [0.15, 0.2) is 53.7 Å². The number of para-hydroxylation sites is 2. The first kappa shape index (κ1) is 19.0. The van der Waals surface area contributed by atoms with E-state index in [0.29, 0.717) is 12.3 Å². The summed E-state index contributed by atoms with van der Waals surface area (Å²) in [6.07, 6.45) is 0. The number of aromatic nitrogens is 2. The number of amides is 1. The highest BCUT2D eigenvalue weighted by Gasteiger charge is 2.11. The third-order valence-electron chi connectivity index (χ3n) is 4.73. The Kier molecular flexibility index (Phi) is 6.26. The number of imidazole rings is 1. The van der Waals surface area contributed by atoms with Crippen molar-refractivity contribution in [3.63, 3.8) is 0 Å². The number of carbonyl (C=O) groups is 1. The van der Waals surface area contributed by atoms with Crippen LogP contribution >= 0.6 is 11.8 Å². The van der Waals surface area contributed by atoms with Crippen molar-refractivity contribution in [2.75, 3.05) is 32.1 Å². The number of hydrogen-bond donors (Lipinski definition) is 2. The Bertz CT molecular complexity index is 887. The molecule has 146 valence electrons. The first-order valence-corrected chi connectivity index (χ1v) is 10.5. The lowest BCUT2D eigenvalue weighted by Gasteiger charge is -2.26. The van der Waals surface area contributed by atoms with E-state index in [9.17, 15) is 4.79 Å². The van der Waals surface area contributed by atoms with Crippen molar-refractivity contribution in [1.82, 2.24) is 20.2 Å². The molecular weight excluding hydrogens is 372 g/mol. The molecule has 0 radical (unpaired) electrons. The van der Waals surface area contributed by atoms with E-state index in [2.05, 4.69) is 44.5 Å². The molecule has 0 aliphatic carbocycles. The monoisotopic (exact) mass is 396 g/mol. The smallest absolute Gasteiger partial charge is 0.230 e. The van der Waals surface area contributed by atoms with Crippen molar-refractivity contribution in [3.8, 4) is 0 Å². The summed E-state index contributed by atoms with van der Waals surface area (Å²) in [5.74, 6) is 0.345. The minimum absolute atomic E-state index is 0.00264. The fourth-order valence-electron chi connectivity index (χ4n) is 3.16. The standard InChI is InChI=1S/C21H24N4O2S/c26-20(15-28-21-23-18-3-1-2-4-19(18)24-21)22-13-16-5-7-17(8-6-16)14-25-9-11-27-12-10-25/h1-8H,9-15H2,(H,22,26)(H,23,24). The molecule has 0 unspecified atom stereocenters. The molecule has 1 amide bonds. The van der Waals surface area contributed by atoms with Gasteiger partial charge in [0.1, 0.15) is 0 Å². The third kappa shape index (κ3) is 5.13. The van der Waals surface area contributed by atoms with E-state index < -0.39 is 0 Å². The van der Waals surface area contributed by atoms with Gasteiger partial charge in [0.25, 0.3) is 0 Å². The predicted octanol–water partition coefficient (Wildman–Crippen LogP) is 2.80. The Morgan fingerprint density at radius 3 is 2.64 bits per heavy atom. The van der Waals surface area contributed by atoms with Crippen LogP contribution in [0.4, 0.5) is 0 Å². The molecular formula is C21H24N4O2S. The van der Waals surface area contributed by atoms with Crippen molar-refractivity contribution < 1.29 is 9.53 Å². The molecule has 1 saturated heterocycles. The molecule has 0 spiro atoms. The largest absolute Gasteiger partial charge is 0.379 e. The van der Waals surface area contributed by atoms with Gasteiger partial charge in [-0.15, -0.1) is 0 Å². The van der Waals surface area contributed by atoms with Crippen LogP contribution in [0.3, 0.4) is 0 Å². The Morgan fingerprint density at radius 1 is 1.11 bits per heavy atom. The van der Waals surface area contributed by atoms with E-state index in [1.807, 2.05) is 24.3 Å². The molecule has 0 bridgehead atoms. The van der Waals surface area contributed by atoms with Crippen molar-refractivity contribution in [1.29, 1.82) is 0 Å². The zero-order valence-corrected chi connectivity index (χ0v) is 16.5. The van der Waals surface area contributed by atoms with Gasteiger partial charge >= 0.3 is 0 Å². The second kappa shape index (κ2) is 9.23. The summed E-state index contributed by atoms with van der Waals surface area (Å²) >= 11 is 1.42. The van der Waals surface area contributed by atoms with Crippen LogP contribution in [0.25, 0.3) is 11.0 Å². The number of thioether (sulfide) groups is 1. The van der Waals surface area contributed by atoms with E-state index in [-0.39, 0.29) is 5.91 Å². The van der Waals surface area contributed by atoms with Gasteiger partial charge in [0, 0.05) is 26.2 Å². The molecule has 2 aromatic carbocycles. The summed E-state index contributed by atoms with van der Waals surface area (Å²) in [5.41, 5.74) is 4.30. The second-order valence-corrected chi connectivity index (χ2v) is 7.79. The van der Waals surface area contributed by atoms with E-state index in [4.69, 9.17) is 4.74 Å². The van der Waals surface area contributed by atoms with Gasteiger partial charge in [-0.25, -0.2) is 4.98 Å². The molecule has 1 fully saturated rings. The summed E-state index contributed by atoms with van der Waals surface area (Å²) in [4.78, 5) is 22.2. The quantitative estimate of drug-likeness (QED) is 0.601. The minimum Gasteiger partial charge on any atom is -0.379 e. The van der Waals surface area contributed by atoms with E-state index in [0.717, 1.165) is 54.6 Å². The fraction of sp³-hybridized carbons (Fsp3) is 0.333. The number of H-pyrrole nitrogens is 1. The van der Waals surface area contributed by atoms with Crippen LogP contribution in [0, 0.1) is 0 Å². The van der Waals surface area contributed by atoms with Crippen molar-refractivity contribution in [2.24, 2.45) is 0 Å².